The zero-order chi connectivity index (χ0) is 17.6. The summed E-state index contributed by atoms with van der Waals surface area (Å²) < 4.78 is 7.15. The molecule has 0 saturated carbocycles. The number of aromatic hydroxyl groups is 1. The third-order valence-corrected chi connectivity index (χ3v) is 4.06. The van der Waals surface area contributed by atoms with E-state index in [-0.39, 0.29) is 11.8 Å². The van der Waals surface area contributed by atoms with Crippen molar-refractivity contribution in [1.82, 2.24) is 20.1 Å². The van der Waals surface area contributed by atoms with Gasteiger partial charge < -0.3 is 15.2 Å². The molecule has 0 bridgehead atoms. The average Bonchev–Trinajstić information content (AvgIpc) is 3.17. The molecule has 25 heavy (non-hydrogen) atoms. The lowest BCUT2D eigenvalue weighted by atomic mass is 10.1. The molecule has 130 valence electrons. The molecule has 6 heteroatoms. The van der Waals surface area contributed by atoms with Crippen molar-refractivity contribution in [2.75, 3.05) is 6.61 Å². The summed E-state index contributed by atoms with van der Waals surface area (Å²) >= 11 is 0. The first-order valence-electron chi connectivity index (χ1n) is 8.31. The second kappa shape index (κ2) is 7.81. The second-order valence-electron chi connectivity index (χ2n) is 5.73. The molecule has 0 radical (unpaired) electrons. The van der Waals surface area contributed by atoms with Crippen LogP contribution in [0.2, 0.25) is 0 Å². The second-order valence-corrected chi connectivity index (χ2v) is 5.73. The first kappa shape index (κ1) is 17.0. The van der Waals surface area contributed by atoms with Crippen molar-refractivity contribution in [3.63, 3.8) is 0 Å². The maximum atomic E-state index is 10.3. The zero-order valence-corrected chi connectivity index (χ0v) is 14.4. The monoisotopic (exact) mass is 338 g/mol. The van der Waals surface area contributed by atoms with Gasteiger partial charge in [0.05, 0.1) is 12.3 Å². The Morgan fingerprint density at radius 2 is 2.00 bits per heavy atom. The van der Waals surface area contributed by atoms with E-state index >= 15 is 0 Å². The van der Waals surface area contributed by atoms with E-state index in [1.54, 1.807) is 17.1 Å². The van der Waals surface area contributed by atoms with Crippen LogP contribution in [0.15, 0.2) is 55.1 Å². The van der Waals surface area contributed by atoms with Crippen molar-refractivity contribution in [2.24, 2.45) is 0 Å². The van der Waals surface area contributed by atoms with E-state index in [2.05, 4.69) is 34.5 Å². The van der Waals surface area contributed by atoms with Gasteiger partial charge in [-0.25, -0.2) is 9.67 Å². The fraction of sp³-hybridized carbons (Fsp3) is 0.263. The number of ether oxygens (including phenoxy) is 1. The number of para-hydroxylation sites is 1. The summed E-state index contributed by atoms with van der Waals surface area (Å²) in [5.41, 5.74) is 2.94. The SMILES string of the molecule is CCOc1cccc(CNC(C)c2ccc(-n3cncn3)cc2)c1O. The molecule has 0 aliphatic rings. The number of aromatic nitrogens is 3. The third-order valence-electron chi connectivity index (χ3n) is 4.06. The van der Waals surface area contributed by atoms with Crippen LogP contribution in [0.3, 0.4) is 0 Å². The lowest BCUT2D eigenvalue weighted by Crippen LogP contribution is -2.18. The maximum absolute atomic E-state index is 10.3. The van der Waals surface area contributed by atoms with Crippen LogP contribution in [0.5, 0.6) is 11.5 Å². The molecule has 1 heterocycles. The van der Waals surface area contributed by atoms with Gasteiger partial charge in [-0.2, -0.15) is 5.10 Å². The summed E-state index contributed by atoms with van der Waals surface area (Å²) in [6.07, 6.45) is 3.19. The minimum atomic E-state index is 0.139. The summed E-state index contributed by atoms with van der Waals surface area (Å²) in [5, 5.41) is 17.8. The van der Waals surface area contributed by atoms with E-state index in [1.807, 2.05) is 31.2 Å². The Kier molecular flexibility index (Phi) is 5.30. The molecule has 1 unspecified atom stereocenters. The first-order chi connectivity index (χ1) is 12.2. The fourth-order valence-corrected chi connectivity index (χ4v) is 2.62. The van der Waals surface area contributed by atoms with Crippen molar-refractivity contribution in [2.45, 2.75) is 26.4 Å². The Morgan fingerprint density at radius 3 is 2.68 bits per heavy atom. The molecule has 2 N–H and O–H groups in total. The van der Waals surface area contributed by atoms with Gasteiger partial charge in [0.25, 0.3) is 0 Å². The quantitative estimate of drug-likeness (QED) is 0.692. The highest BCUT2D eigenvalue weighted by molar-refractivity contribution is 5.45. The lowest BCUT2D eigenvalue weighted by molar-refractivity contribution is 0.316. The Balaban J connectivity index is 1.65. The molecule has 1 atom stereocenters. The number of nitrogens with zero attached hydrogens (tertiary/aromatic N) is 3. The molecule has 3 aromatic rings. The molecule has 0 aliphatic carbocycles. The number of nitrogens with one attached hydrogen (secondary N) is 1. The molecule has 6 nitrogen and oxygen atoms in total. The maximum Gasteiger partial charge on any atom is 0.162 e. The molecule has 0 saturated heterocycles. The minimum Gasteiger partial charge on any atom is -0.504 e. The molecular weight excluding hydrogens is 316 g/mol. The Morgan fingerprint density at radius 1 is 1.20 bits per heavy atom. The number of benzene rings is 2. The van der Waals surface area contributed by atoms with E-state index in [1.165, 1.54) is 6.33 Å². The van der Waals surface area contributed by atoms with Crippen LogP contribution < -0.4 is 10.1 Å². The molecule has 2 aromatic carbocycles. The highest BCUT2D eigenvalue weighted by Gasteiger charge is 2.10. The van der Waals surface area contributed by atoms with E-state index < -0.39 is 0 Å². The molecule has 0 aliphatic heterocycles. The van der Waals surface area contributed by atoms with E-state index in [9.17, 15) is 5.11 Å². The topological polar surface area (TPSA) is 72.2 Å². The molecule has 0 spiro atoms. The Bertz CT molecular complexity index is 801. The Hall–Kier alpha value is -2.86. The van der Waals surface area contributed by atoms with Gasteiger partial charge in [-0.05, 0) is 37.6 Å². The van der Waals surface area contributed by atoms with Crippen molar-refractivity contribution in [1.29, 1.82) is 0 Å². The fourth-order valence-electron chi connectivity index (χ4n) is 2.62. The van der Waals surface area contributed by atoms with Gasteiger partial charge >= 0.3 is 0 Å². The predicted octanol–water partition coefficient (Wildman–Crippen LogP) is 3.22. The van der Waals surface area contributed by atoms with Crippen LogP contribution in [0, 0.1) is 0 Å². The predicted molar refractivity (Wildman–Crippen MR) is 95.9 cm³/mol. The number of phenols is 1. The lowest BCUT2D eigenvalue weighted by Gasteiger charge is -2.16. The minimum absolute atomic E-state index is 0.139. The van der Waals surface area contributed by atoms with E-state index in [0.717, 1.165) is 16.8 Å². The van der Waals surface area contributed by atoms with E-state index in [0.29, 0.717) is 18.9 Å². The van der Waals surface area contributed by atoms with Gasteiger partial charge in [-0.1, -0.05) is 24.3 Å². The highest BCUT2D eigenvalue weighted by atomic mass is 16.5. The van der Waals surface area contributed by atoms with Crippen LogP contribution in [-0.4, -0.2) is 26.5 Å². The molecule has 1 aromatic heterocycles. The standard InChI is InChI=1S/C19H22N4O2/c1-3-25-18-6-4-5-16(19(18)24)11-21-14(2)15-7-9-17(10-8-15)23-13-20-12-22-23/h4-10,12-14,21,24H,3,11H2,1-2H3. The first-order valence-corrected chi connectivity index (χ1v) is 8.31. The Labute approximate surface area is 147 Å². The van der Waals surface area contributed by atoms with Gasteiger partial charge in [0.2, 0.25) is 0 Å². The van der Waals surface area contributed by atoms with Gasteiger partial charge in [0.15, 0.2) is 11.5 Å². The van der Waals surface area contributed by atoms with Crippen LogP contribution in [0.25, 0.3) is 5.69 Å². The smallest absolute Gasteiger partial charge is 0.162 e. The molecule has 3 rings (SSSR count). The average molecular weight is 338 g/mol. The largest absolute Gasteiger partial charge is 0.504 e. The number of rotatable bonds is 7. The summed E-state index contributed by atoms with van der Waals surface area (Å²) in [6, 6.07) is 13.8. The summed E-state index contributed by atoms with van der Waals surface area (Å²) in [5.74, 6) is 0.720. The number of hydrogen-bond acceptors (Lipinski definition) is 5. The highest BCUT2D eigenvalue weighted by Crippen LogP contribution is 2.30. The van der Waals surface area contributed by atoms with Crippen LogP contribution in [-0.2, 0) is 6.54 Å². The van der Waals surface area contributed by atoms with Crippen molar-refractivity contribution >= 4 is 0 Å². The van der Waals surface area contributed by atoms with Crippen molar-refractivity contribution in [3.05, 3.63) is 66.2 Å². The number of hydrogen-bond donors (Lipinski definition) is 2. The zero-order valence-electron chi connectivity index (χ0n) is 14.4. The van der Waals surface area contributed by atoms with E-state index in [4.69, 9.17) is 4.74 Å². The summed E-state index contributed by atoms with van der Waals surface area (Å²) in [7, 11) is 0. The van der Waals surface area contributed by atoms with Gasteiger partial charge in [0, 0.05) is 18.2 Å². The van der Waals surface area contributed by atoms with Gasteiger partial charge in [-0.3, -0.25) is 0 Å². The number of phenolic OH excluding ortho intramolecular Hbond substituents is 1. The van der Waals surface area contributed by atoms with Gasteiger partial charge in [-0.15, -0.1) is 0 Å². The normalized spacial score (nSPS) is 12.1. The molecule has 0 amide bonds. The summed E-state index contributed by atoms with van der Waals surface area (Å²) in [6.45, 7) is 5.07. The van der Waals surface area contributed by atoms with Crippen molar-refractivity contribution < 1.29 is 9.84 Å². The van der Waals surface area contributed by atoms with Crippen LogP contribution in [0.1, 0.15) is 31.0 Å². The molecule has 0 fully saturated rings. The van der Waals surface area contributed by atoms with Crippen molar-refractivity contribution in [3.8, 4) is 17.2 Å². The van der Waals surface area contributed by atoms with Gasteiger partial charge in [0.1, 0.15) is 12.7 Å². The van der Waals surface area contributed by atoms with Crippen LogP contribution >= 0.6 is 0 Å². The molecular formula is C19H22N4O2. The third kappa shape index (κ3) is 3.97. The van der Waals surface area contributed by atoms with Crippen LogP contribution in [0.4, 0.5) is 0 Å². The summed E-state index contributed by atoms with van der Waals surface area (Å²) in [4.78, 5) is 3.95.